The second-order valence-electron chi connectivity index (χ2n) is 4.17. The number of carboxylic acids is 1. The third-order valence-electron chi connectivity index (χ3n) is 2.72. The van der Waals surface area contributed by atoms with Gasteiger partial charge in [-0.05, 0) is 30.3 Å². The van der Waals surface area contributed by atoms with E-state index in [2.05, 4.69) is 5.32 Å². The maximum absolute atomic E-state index is 12.6. The van der Waals surface area contributed by atoms with Crippen molar-refractivity contribution < 1.29 is 23.1 Å². The van der Waals surface area contributed by atoms with Crippen LogP contribution in [-0.4, -0.2) is 11.1 Å². The summed E-state index contributed by atoms with van der Waals surface area (Å²) < 4.78 is 37.9. The van der Waals surface area contributed by atoms with Crippen LogP contribution < -0.4 is 5.32 Å². The summed E-state index contributed by atoms with van der Waals surface area (Å²) >= 11 is 5.92. The van der Waals surface area contributed by atoms with E-state index in [9.17, 15) is 18.0 Å². The largest absolute Gasteiger partial charge is 0.478 e. The van der Waals surface area contributed by atoms with Crippen molar-refractivity contribution in [3.8, 4) is 0 Å². The topological polar surface area (TPSA) is 49.3 Å². The fraction of sp³-hybridized carbons (Fsp3) is 0.0714. The summed E-state index contributed by atoms with van der Waals surface area (Å²) in [5, 5.41) is 12.1. The molecule has 2 aromatic carbocycles. The molecule has 0 aliphatic carbocycles. The number of hydrogen-bond donors (Lipinski definition) is 2. The Morgan fingerprint density at radius 1 is 1.10 bits per heavy atom. The molecule has 0 aromatic heterocycles. The van der Waals surface area contributed by atoms with Crippen LogP contribution in [0.5, 0.6) is 0 Å². The lowest BCUT2D eigenvalue weighted by Gasteiger charge is -2.13. The molecule has 0 amide bonds. The third kappa shape index (κ3) is 3.46. The smallest absolute Gasteiger partial charge is 0.416 e. The van der Waals surface area contributed by atoms with Gasteiger partial charge >= 0.3 is 12.1 Å². The normalized spacial score (nSPS) is 11.2. The Morgan fingerprint density at radius 3 is 2.33 bits per heavy atom. The van der Waals surface area contributed by atoms with E-state index in [1.165, 1.54) is 0 Å². The minimum absolute atomic E-state index is 0.0311. The molecule has 0 aliphatic heterocycles. The second-order valence-corrected chi connectivity index (χ2v) is 4.58. The molecule has 3 nitrogen and oxygen atoms in total. The molecular weight excluding hydrogens is 307 g/mol. The third-order valence-corrected chi connectivity index (χ3v) is 3.05. The van der Waals surface area contributed by atoms with E-state index in [0.717, 1.165) is 12.1 Å². The van der Waals surface area contributed by atoms with Crippen LogP contribution >= 0.6 is 11.6 Å². The molecule has 0 unspecified atom stereocenters. The van der Waals surface area contributed by atoms with Crippen LogP contribution in [0.4, 0.5) is 24.5 Å². The number of rotatable bonds is 3. The zero-order valence-electron chi connectivity index (χ0n) is 10.4. The number of benzene rings is 2. The minimum Gasteiger partial charge on any atom is -0.478 e. The minimum atomic E-state index is -4.60. The molecule has 0 radical (unpaired) electrons. The lowest BCUT2D eigenvalue weighted by Crippen LogP contribution is -2.09. The van der Waals surface area contributed by atoms with E-state index in [0.29, 0.717) is 16.8 Å². The molecular formula is C14H9ClF3NO2. The van der Waals surface area contributed by atoms with Gasteiger partial charge < -0.3 is 10.4 Å². The van der Waals surface area contributed by atoms with Crippen molar-refractivity contribution in [3.05, 3.63) is 58.6 Å². The first kappa shape index (κ1) is 15.2. The molecule has 21 heavy (non-hydrogen) atoms. The Kier molecular flexibility index (Phi) is 4.09. The predicted molar refractivity (Wildman–Crippen MR) is 73.1 cm³/mol. The van der Waals surface area contributed by atoms with Gasteiger partial charge in [-0.1, -0.05) is 23.7 Å². The van der Waals surface area contributed by atoms with Gasteiger partial charge in [0.15, 0.2) is 0 Å². The summed E-state index contributed by atoms with van der Waals surface area (Å²) in [5.41, 5.74) is -1.07. The number of carbonyl (C=O) groups is 1. The SMILES string of the molecule is O=C(O)c1cc(C(F)(F)F)ccc1Nc1ccccc1Cl. The van der Waals surface area contributed by atoms with E-state index in [1.807, 2.05) is 0 Å². The van der Waals surface area contributed by atoms with Crippen LogP contribution in [0.2, 0.25) is 5.02 Å². The molecule has 2 rings (SSSR count). The van der Waals surface area contributed by atoms with Gasteiger partial charge in [-0.2, -0.15) is 13.2 Å². The Balaban J connectivity index is 2.45. The van der Waals surface area contributed by atoms with Crippen molar-refractivity contribution in [2.75, 3.05) is 5.32 Å². The van der Waals surface area contributed by atoms with Gasteiger partial charge in [-0.3, -0.25) is 0 Å². The van der Waals surface area contributed by atoms with Gasteiger partial charge in [0.05, 0.1) is 27.5 Å². The van der Waals surface area contributed by atoms with Crippen molar-refractivity contribution in [2.24, 2.45) is 0 Å². The number of carboxylic acid groups (broad SMARTS) is 1. The van der Waals surface area contributed by atoms with Gasteiger partial charge in [0.2, 0.25) is 0 Å². The summed E-state index contributed by atoms with van der Waals surface area (Å²) in [5.74, 6) is -1.46. The maximum Gasteiger partial charge on any atom is 0.416 e. The molecule has 0 heterocycles. The molecule has 0 saturated carbocycles. The molecule has 2 aromatic rings. The van der Waals surface area contributed by atoms with Gasteiger partial charge in [0, 0.05) is 0 Å². The van der Waals surface area contributed by atoms with Crippen molar-refractivity contribution >= 4 is 28.9 Å². The molecule has 0 atom stereocenters. The van der Waals surface area contributed by atoms with E-state index >= 15 is 0 Å². The number of anilines is 2. The highest BCUT2D eigenvalue weighted by atomic mass is 35.5. The average Bonchev–Trinajstić information content (AvgIpc) is 2.40. The summed E-state index contributed by atoms with van der Waals surface area (Å²) in [6.07, 6.45) is -4.60. The lowest BCUT2D eigenvalue weighted by atomic mass is 10.1. The number of hydrogen-bond acceptors (Lipinski definition) is 2. The Morgan fingerprint density at radius 2 is 1.76 bits per heavy atom. The molecule has 0 bridgehead atoms. The Hall–Kier alpha value is -2.21. The molecule has 7 heteroatoms. The number of halogens is 4. The number of nitrogens with one attached hydrogen (secondary N) is 1. The predicted octanol–water partition coefficient (Wildman–Crippen LogP) is 4.80. The molecule has 0 aliphatic rings. The first-order valence-corrected chi connectivity index (χ1v) is 6.13. The first-order chi connectivity index (χ1) is 9.79. The molecule has 0 spiro atoms. The van der Waals surface area contributed by atoms with Crippen molar-refractivity contribution in [2.45, 2.75) is 6.18 Å². The van der Waals surface area contributed by atoms with Crippen LogP contribution in [0.1, 0.15) is 15.9 Å². The molecule has 110 valence electrons. The van der Waals surface area contributed by atoms with Crippen molar-refractivity contribution in [1.29, 1.82) is 0 Å². The maximum atomic E-state index is 12.6. The van der Waals surface area contributed by atoms with Crippen LogP contribution in [-0.2, 0) is 6.18 Å². The highest BCUT2D eigenvalue weighted by Gasteiger charge is 2.31. The molecule has 0 fully saturated rings. The second kappa shape index (κ2) is 5.65. The zero-order valence-corrected chi connectivity index (χ0v) is 11.2. The highest BCUT2D eigenvalue weighted by molar-refractivity contribution is 6.33. The Bertz CT molecular complexity index is 686. The van der Waals surface area contributed by atoms with E-state index in [-0.39, 0.29) is 5.69 Å². The fourth-order valence-electron chi connectivity index (χ4n) is 1.71. The highest BCUT2D eigenvalue weighted by Crippen LogP contribution is 2.33. The van der Waals surface area contributed by atoms with Crippen LogP contribution in [0.25, 0.3) is 0 Å². The van der Waals surface area contributed by atoms with Gasteiger partial charge in [0.25, 0.3) is 0 Å². The molecule has 2 N–H and O–H groups in total. The summed E-state index contributed by atoms with van der Waals surface area (Å²) in [4.78, 5) is 11.1. The lowest BCUT2D eigenvalue weighted by molar-refractivity contribution is -0.137. The zero-order chi connectivity index (χ0) is 15.6. The molecule has 0 saturated heterocycles. The van der Waals surface area contributed by atoms with Gasteiger partial charge in [0.1, 0.15) is 0 Å². The van der Waals surface area contributed by atoms with E-state index in [1.54, 1.807) is 24.3 Å². The van der Waals surface area contributed by atoms with E-state index in [4.69, 9.17) is 16.7 Å². The quantitative estimate of drug-likeness (QED) is 0.855. The van der Waals surface area contributed by atoms with Crippen molar-refractivity contribution in [3.63, 3.8) is 0 Å². The number of alkyl halides is 3. The Labute approximate surface area is 123 Å². The van der Waals surface area contributed by atoms with Crippen LogP contribution in [0, 0.1) is 0 Å². The summed E-state index contributed by atoms with van der Waals surface area (Å²) in [7, 11) is 0. The van der Waals surface area contributed by atoms with Gasteiger partial charge in [-0.15, -0.1) is 0 Å². The summed E-state index contributed by atoms with van der Waals surface area (Å²) in [6, 6.07) is 8.97. The monoisotopic (exact) mass is 315 g/mol. The van der Waals surface area contributed by atoms with Crippen LogP contribution in [0.15, 0.2) is 42.5 Å². The van der Waals surface area contributed by atoms with Crippen molar-refractivity contribution in [1.82, 2.24) is 0 Å². The number of aromatic carboxylic acids is 1. The summed E-state index contributed by atoms with van der Waals surface area (Å²) in [6.45, 7) is 0. The van der Waals surface area contributed by atoms with Gasteiger partial charge in [-0.25, -0.2) is 4.79 Å². The fourth-order valence-corrected chi connectivity index (χ4v) is 1.90. The average molecular weight is 316 g/mol. The van der Waals surface area contributed by atoms with Crippen LogP contribution in [0.3, 0.4) is 0 Å². The first-order valence-electron chi connectivity index (χ1n) is 5.75. The number of para-hydroxylation sites is 1. The van der Waals surface area contributed by atoms with E-state index < -0.39 is 23.3 Å². The standard InChI is InChI=1S/C14H9ClF3NO2/c15-10-3-1-2-4-12(10)19-11-6-5-8(14(16,17)18)7-9(11)13(20)21/h1-7,19H,(H,20,21).